The molecule has 0 unspecified atom stereocenters. The first-order valence-electron chi connectivity index (χ1n) is 10.1. The van der Waals surface area contributed by atoms with Gasteiger partial charge in [0.15, 0.2) is 5.16 Å². The molecule has 166 valence electrons. The topological polar surface area (TPSA) is 93.3 Å². The molecular formula is C25H21N3O4S. The van der Waals surface area contributed by atoms with Crippen LogP contribution in [0.15, 0.2) is 94.9 Å². The Morgan fingerprint density at radius 3 is 2.30 bits per heavy atom. The summed E-state index contributed by atoms with van der Waals surface area (Å²) >= 11 is 1.16. The third kappa shape index (κ3) is 6.24. The Kier molecular flexibility index (Phi) is 7.06. The second kappa shape index (κ2) is 10.5. The van der Waals surface area contributed by atoms with E-state index in [1.165, 1.54) is 6.07 Å². The van der Waals surface area contributed by atoms with Gasteiger partial charge in [0.2, 0.25) is 5.91 Å². The molecule has 4 aromatic rings. The van der Waals surface area contributed by atoms with E-state index in [2.05, 4.69) is 15.3 Å². The first-order valence-corrected chi connectivity index (χ1v) is 11.1. The van der Waals surface area contributed by atoms with E-state index in [1.54, 1.807) is 43.5 Å². The molecule has 3 aromatic carbocycles. The Bertz CT molecular complexity index is 1270. The SMILES string of the molecule is COc1ccc(-c2cc(=O)[nH]c(SCC(=O)Nc3ccc(Oc4ccccc4)cc3)n2)cc1. The van der Waals surface area contributed by atoms with Gasteiger partial charge in [-0.05, 0) is 60.7 Å². The van der Waals surface area contributed by atoms with Crippen molar-refractivity contribution in [3.05, 3.63) is 95.3 Å². The van der Waals surface area contributed by atoms with Crippen LogP contribution in [0.3, 0.4) is 0 Å². The maximum absolute atomic E-state index is 12.4. The molecule has 0 aliphatic carbocycles. The fourth-order valence-corrected chi connectivity index (χ4v) is 3.65. The number of methoxy groups -OCH3 is 1. The van der Waals surface area contributed by atoms with E-state index in [1.807, 2.05) is 42.5 Å². The lowest BCUT2D eigenvalue weighted by atomic mass is 10.1. The Hall–Kier alpha value is -4.04. The smallest absolute Gasteiger partial charge is 0.252 e. The molecule has 0 bridgehead atoms. The fourth-order valence-electron chi connectivity index (χ4n) is 2.98. The third-order valence-corrected chi connectivity index (χ3v) is 5.44. The highest BCUT2D eigenvalue weighted by atomic mass is 32.2. The summed E-state index contributed by atoms with van der Waals surface area (Å²) in [7, 11) is 1.59. The number of thioether (sulfide) groups is 1. The normalized spacial score (nSPS) is 10.5. The standard InChI is InChI=1S/C25H21N3O4S/c1-31-19-11-7-17(8-12-19)22-15-23(29)28-25(27-22)33-16-24(30)26-18-9-13-21(14-10-18)32-20-5-3-2-4-6-20/h2-15H,16H2,1H3,(H,26,30)(H,27,28,29). The van der Waals surface area contributed by atoms with E-state index < -0.39 is 0 Å². The van der Waals surface area contributed by atoms with Crippen LogP contribution in [0.4, 0.5) is 5.69 Å². The second-order valence-corrected chi connectivity index (χ2v) is 7.90. The predicted molar refractivity (Wildman–Crippen MR) is 129 cm³/mol. The van der Waals surface area contributed by atoms with E-state index in [9.17, 15) is 9.59 Å². The van der Waals surface area contributed by atoms with Crippen molar-refractivity contribution in [3.63, 3.8) is 0 Å². The summed E-state index contributed by atoms with van der Waals surface area (Å²) in [5, 5.41) is 3.20. The number of anilines is 1. The number of carbonyl (C=O) groups excluding carboxylic acids is 1. The molecule has 4 rings (SSSR count). The molecule has 0 aliphatic heterocycles. The van der Waals surface area contributed by atoms with Crippen LogP contribution in [-0.2, 0) is 4.79 Å². The van der Waals surface area contributed by atoms with E-state index in [0.717, 1.165) is 28.8 Å². The van der Waals surface area contributed by atoms with Crippen molar-refractivity contribution in [1.29, 1.82) is 0 Å². The molecule has 1 aromatic heterocycles. The number of rotatable bonds is 8. The van der Waals surface area contributed by atoms with Gasteiger partial charge in [-0.15, -0.1) is 0 Å². The third-order valence-electron chi connectivity index (χ3n) is 4.56. The van der Waals surface area contributed by atoms with Crippen LogP contribution in [0.5, 0.6) is 17.2 Å². The number of hydrogen-bond donors (Lipinski definition) is 2. The predicted octanol–water partition coefficient (Wildman–Crippen LogP) is 4.97. The van der Waals surface area contributed by atoms with Crippen molar-refractivity contribution in [2.75, 3.05) is 18.2 Å². The Balaban J connectivity index is 1.34. The molecule has 2 N–H and O–H groups in total. The first kappa shape index (κ1) is 22.2. The number of ether oxygens (including phenoxy) is 2. The van der Waals surface area contributed by atoms with Crippen LogP contribution in [0.2, 0.25) is 0 Å². The summed E-state index contributed by atoms with van der Waals surface area (Å²) in [6, 6.07) is 25.2. The van der Waals surface area contributed by atoms with E-state index >= 15 is 0 Å². The lowest BCUT2D eigenvalue weighted by Gasteiger charge is -2.08. The van der Waals surface area contributed by atoms with Crippen molar-refractivity contribution in [3.8, 4) is 28.5 Å². The van der Waals surface area contributed by atoms with Crippen LogP contribution in [0.1, 0.15) is 0 Å². The highest BCUT2D eigenvalue weighted by Crippen LogP contribution is 2.24. The number of carbonyl (C=O) groups is 1. The number of benzene rings is 3. The van der Waals surface area contributed by atoms with Gasteiger partial charge in [0, 0.05) is 17.3 Å². The monoisotopic (exact) mass is 459 g/mol. The molecule has 0 fully saturated rings. The number of aromatic nitrogens is 2. The van der Waals surface area contributed by atoms with Crippen LogP contribution >= 0.6 is 11.8 Å². The van der Waals surface area contributed by atoms with Gasteiger partial charge in [0.25, 0.3) is 5.56 Å². The quantitative estimate of drug-likeness (QED) is 0.286. The summed E-state index contributed by atoms with van der Waals surface area (Å²) in [6.07, 6.45) is 0. The van der Waals surface area contributed by atoms with Gasteiger partial charge in [-0.2, -0.15) is 0 Å². The van der Waals surface area contributed by atoms with Crippen LogP contribution in [0.25, 0.3) is 11.3 Å². The van der Waals surface area contributed by atoms with Crippen molar-refractivity contribution in [2.24, 2.45) is 0 Å². The highest BCUT2D eigenvalue weighted by molar-refractivity contribution is 7.99. The summed E-state index contributed by atoms with van der Waals surface area (Å²) < 4.78 is 10.9. The molecule has 8 heteroatoms. The van der Waals surface area contributed by atoms with Gasteiger partial charge in [-0.25, -0.2) is 4.98 Å². The maximum atomic E-state index is 12.4. The summed E-state index contributed by atoms with van der Waals surface area (Å²) in [6.45, 7) is 0. The zero-order valence-electron chi connectivity index (χ0n) is 17.8. The molecule has 0 aliphatic rings. The van der Waals surface area contributed by atoms with Gasteiger partial charge in [0.05, 0.1) is 18.6 Å². The minimum Gasteiger partial charge on any atom is -0.497 e. The fraction of sp³-hybridized carbons (Fsp3) is 0.0800. The molecule has 0 saturated heterocycles. The lowest BCUT2D eigenvalue weighted by molar-refractivity contribution is -0.113. The number of para-hydroxylation sites is 1. The molecule has 0 spiro atoms. The van der Waals surface area contributed by atoms with Crippen LogP contribution in [-0.4, -0.2) is 28.7 Å². The largest absolute Gasteiger partial charge is 0.497 e. The summed E-state index contributed by atoms with van der Waals surface area (Å²) in [5.41, 5.74) is 1.67. The molecule has 0 atom stereocenters. The van der Waals surface area contributed by atoms with Gasteiger partial charge < -0.3 is 19.8 Å². The van der Waals surface area contributed by atoms with Gasteiger partial charge >= 0.3 is 0 Å². The maximum Gasteiger partial charge on any atom is 0.252 e. The van der Waals surface area contributed by atoms with Crippen molar-refractivity contribution in [1.82, 2.24) is 9.97 Å². The molecule has 1 amide bonds. The van der Waals surface area contributed by atoms with Gasteiger partial charge in [0.1, 0.15) is 17.2 Å². The average molecular weight is 460 g/mol. The minimum atomic E-state index is -0.285. The van der Waals surface area contributed by atoms with Gasteiger partial charge in [-0.1, -0.05) is 30.0 Å². The van der Waals surface area contributed by atoms with Gasteiger partial charge in [-0.3, -0.25) is 9.59 Å². The van der Waals surface area contributed by atoms with Crippen molar-refractivity contribution >= 4 is 23.4 Å². The number of H-pyrrole nitrogens is 1. The van der Waals surface area contributed by atoms with E-state index in [0.29, 0.717) is 22.3 Å². The zero-order chi connectivity index (χ0) is 23.0. The number of amides is 1. The second-order valence-electron chi connectivity index (χ2n) is 6.94. The molecule has 0 radical (unpaired) electrons. The zero-order valence-corrected chi connectivity index (χ0v) is 18.6. The lowest BCUT2D eigenvalue weighted by Crippen LogP contribution is -2.15. The molecule has 0 saturated carbocycles. The van der Waals surface area contributed by atoms with E-state index in [4.69, 9.17) is 9.47 Å². The van der Waals surface area contributed by atoms with Crippen molar-refractivity contribution < 1.29 is 14.3 Å². The summed E-state index contributed by atoms with van der Waals surface area (Å²) in [4.78, 5) is 31.6. The number of hydrogen-bond acceptors (Lipinski definition) is 6. The minimum absolute atomic E-state index is 0.0945. The first-order chi connectivity index (χ1) is 16.1. The van der Waals surface area contributed by atoms with Crippen molar-refractivity contribution in [2.45, 2.75) is 5.16 Å². The Morgan fingerprint density at radius 2 is 1.61 bits per heavy atom. The number of nitrogens with one attached hydrogen (secondary N) is 2. The summed E-state index contributed by atoms with van der Waals surface area (Å²) in [5.74, 6) is 2.01. The molecular weight excluding hydrogens is 438 g/mol. The van der Waals surface area contributed by atoms with Crippen LogP contribution < -0.4 is 20.3 Å². The Morgan fingerprint density at radius 1 is 0.939 bits per heavy atom. The van der Waals surface area contributed by atoms with Crippen LogP contribution in [0, 0.1) is 0 Å². The average Bonchev–Trinajstić information content (AvgIpc) is 2.84. The number of nitrogens with zero attached hydrogens (tertiary/aromatic N) is 1. The molecule has 33 heavy (non-hydrogen) atoms. The Labute approximate surface area is 194 Å². The number of aromatic amines is 1. The van der Waals surface area contributed by atoms with E-state index in [-0.39, 0.29) is 17.2 Å². The highest BCUT2D eigenvalue weighted by Gasteiger charge is 2.09. The molecule has 1 heterocycles. The molecule has 7 nitrogen and oxygen atoms in total.